The van der Waals surface area contributed by atoms with Gasteiger partial charge in [-0.1, -0.05) is 29.8 Å². The van der Waals surface area contributed by atoms with Gasteiger partial charge in [-0.15, -0.1) is 0 Å². The van der Waals surface area contributed by atoms with Crippen molar-refractivity contribution in [1.82, 2.24) is 25.2 Å². The van der Waals surface area contributed by atoms with E-state index in [1.165, 1.54) is 36.1 Å². The van der Waals surface area contributed by atoms with Crippen LogP contribution in [0.25, 0.3) is 11.0 Å². The topological polar surface area (TPSA) is 56.8 Å². The summed E-state index contributed by atoms with van der Waals surface area (Å²) >= 11 is 0. The van der Waals surface area contributed by atoms with Crippen molar-refractivity contribution in [2.75, 3.05) is 19.6 Å². The molecule has 150 valence electrons. The predicted octanol–water partition coefficient (Wildman–Crippen LogP) is 4.15. The first-order valence-electron chi connectivity index (χ1n) is 10.9. The van der Waals surface area contributed by atoms with Gasteiger partial charge in [0.15, 0.2) is 0 Å². The molecule has 29 heavy (non-hydrogen) atoms. The summed E-state index contributed by atoms with van der Waals surface area (Å²) in [6.07, 6.45) is 10.4. The second-order valence-electron chi connectivity index (χ2n) is 8.23. The minimum absolute atomic E-state index is 0.349. The Morgan fingerprint density at radius 3 is 2.97 bits per heavy atom. The average Bonchev–Trinajstić information content (AvgIpc) is 3.19. The third-order valence-corrected chi connectivity index (χ3v) is 6.22. The summed E-state index contributed by atoms with van der Waals surface area (Å²) in [6, 6.07) is 13.0. The van der Waals surface area contributed by atoms with Gasteiger partial charge >= 0.3 is 0 Å². The van der Waals surface area contributed by atoms with Crippen molar-refractivity contribution in [2.45, 2.75) is 44.7 Å². The normalized spacial score (nSPS) is 21.0. The fraction of sp³-hybridized carbons (Fsp3) is 0.417. The molecule has 3 aromatic rings. The second-order valence-corrected chi connectivity index (χ2v) is 8.23. The van der Waals surface area contributed by atoms with Gasteiger partial charge in [0.05, 0.1) is 29.3 Å². The third-order valence-electron chi connectivity index (χ3n) is 6.22. The maximum Gasteiger partial charge on any atom is 0.121 e. The minimum atomic E-state index is 0.349. The molecule has 1 aliphatic carbocycles. The zero-order valence-electron chi connectivity index (χ0n) is 16.9. The van der Waals surface area contributed by atoms with Crippen LogP contribution in [0.2, 0.25) is 0 Å². The number of rotatable bonds is 5. The number of pyridine rings is 1. The van der Waals surface area contributed by atoms with Gasteiger partial charge < -0.3 is 10.3 Å². The molecule has 5 heteroatoms. The van der Waals surface area contributed by atoms with Gasteiger partial charge in [-0.05, 0) is 62.4 Å². The van der Waals surface area contributed by atoms with E-state index in [4.69, 9.17) is 9.97 Å². The quantitative estimate of drug-likeness (QED) is 0.646. The number of hydrogen-bond donors (Lipinski definition) is 2. The van der Waals surface area contributed by atoms with Crippen LogP contribution < -0.4 is 5.32 Å². The Hall–Kier alpha value is -2.50. The molecule has 0 saturated carbocycles. The lowest BCUT2D eigenvalue weighted by molar-refractivity contribution is 0.181. The largest absolute Gasteiger partial charge is 0.341 e. The lowest BCUT2D eigenvalue weighted by Crippen LogP contribution is -2.33. The lowest BCUT2D eigenvalue weighted by atomic mass is 9.90. The highest BCUT2D eigenvalue weighted by Gasteiger charge is 2.27. The molecule has 1 fully saturated rings. The van der Waals surface area contributed by atoms with Gasteiger partial charge in [0, 0.05) is 19.3 Å². The molecule has 1 atom stereocenters. The molecule has 5 rings (SSSR count). The van der Waals surface area contributed by atoms with Crippen LogP contribution in [0.4, 0.5) is 0 Å². The first kappa shape index (κ1) is 18.5. The van der Waals surface area contributed by atoms with Crippen LogP contribution in [0, 0.1) is 0 Å². The average molecular weight is 388 g/mol. The summed E-state index contributed by atoms with van der Waals surface area (Å²) in [7, 11) is 0. The van der Waals surface area contributed by atoms with E-state index in [1.54, 1.807) is 0 Å². The fourth-order valence-corrected chi connectivity index (χ4v) is 4.71. The van der Waals surface area contributed by atoms with Crippen molar-refractivity contribution in [2.24, 2.45) is 0 Å². The van der Waals surface area contributed by atoms with Crippen molar-refractivity contribution >= 4 is 11.0 Å². The summed E-state index contributed by atoms with van der Waals surface area (Å²) in [4.78, 5) is 15.7. The maximum atomic E-state index is 4.85. The van der Waals surface area contributed by atoms with E-state index in [0.29, 0.717) is 6.04 Å². The Bertz CT molecular complexity index is 964. The van der Waals surface area contributed by atoms with E-state index in [-0.39, 0.29) is 0 Å². The van der Waals surface area contributed by atoms with Crippen molar-refractivity contribution in [3.63, 3.8) is 0 Å². The van der Waals surface area contributed by atoms with E-state index in [2.05, 4.69) is 51.6 Å². The van der Waals surface area contributed by atoms with Crippen molar-refractivity contribution in [3.05, 3.63) is 71.3 Å². The van der Waals surface area contributed by atoms with Crippen LogP contribution in [0.3, 0.4) is 0 Å². The zero-order chi connectivity index (χ0) is 19.5. The first-order valence-corrected chi connectivity index (χ1v) is 10.9. The molecule has 2 aromatic heterocycles. The van der Waals surface area contributed by atoms with Gasteiger partial charge in [0.2, 0.25) is 0 Å². The number of aromatic nitrogens is 3. The van der Waals surface area contributed by atoms with Crippen LogP contribution in [0.15, 0.2) is 54.2 Å². The number of hydrogen-bond acceptors (Lipinski definition) is 4. The van der Waals surface area contributed by atoms with E-state index in [0.717, 1.165) is 55.9 Å². The van der Waals surface area contributed by atoms with Gasteiger partial charge in [-0.3, -0.25) is 9.88 Å². The first-order chi connectivity index (χ1) is 14.4. The number of fused-ring (bicyclic) bond motifs is 2. The summed E-state index contributed by atoms with van der Waals surface area (Å²) in [5, 5.41) is 3.50. The van der Waals surface area contributed by atoms with E-state index >= 15 is 0 Å². The second kappa shape index (κ2) is 8.47. The molecular formula is C24H29N5. The number of nitrogens with one attached hydrogen (secondary N) is 2. The highest BCUT2D eigenvalue weighted by atomic mass is 15.2. The van der Waals surface area contributed by atoms with E-state index in [1.807, 2.05) is 12.3 Å². The van der Waals surface area contributed by atoms with Crippen molar-refractivity contribution in [1.29, 1.82) is 0 Å². The molecule has 3 heterocycles. The molecule has 0 spiro atoms. The van der Waals surface area contributed by atoms with E-state index < -0.39 is 0 Å². The van der Waals surface area contributed by atoms with Crippen molar-refractivity contribution in [3.8, 4) is 0 Å². The summed E-state index contributed by atoms with van der Waals surface area (Å²) in [6.45, 7) is 3.92. The predicted molar refractivity (Wildman–Crippen MR) is 117 cm³/mol. The number of benzene rings is 1. The Morgan fingerprint density at radius 2 is 2.07 bits per heavy atom. The molecule has 0 bridgehead atoms. The van der Waals surface area contributed by atoms with Crippen LogP contribution in [0.1, 0.15) is 48.8 Å². The number of imidazole rings is 1. The van der Waals surface area contributed by atoms with Crippen LogP contribution >= 0.6 is 0 Å². The molecule has 1 aromatic carbocycles. The summed E-state index contributed by atoms with van der Waals surface area (Å²) in [5.74, 6) is 1.04. The Balaban J connectivity index is 1.44. The number of piperidine rings is 1. The van der Waals surface area contributed by atoms with Crippen LogP contribution in [-0.2, 0) is 13.0 Å². The highest BCUT2D eigenvalue weighted by molar-refractivity contribution is 5.74. The number of para-hydroxylation sites is 2. The zero-order valence-corrected chi connectivity index (χ0v) is 16.9. The minimum Gasteiger partial charge on any atom is -0.341 e. The van der Waals surface area contributed by atoms with Gasteiger partial charge in [-0.2, -0.15) is 0 Å². The number of aryl methyl sites for hydroxylation is 1. The number of nitrogens with zero attached hydrogens (tertiary/aromatic N) is 3. The SMILES string of the molecule is C(CN(Cc1nc2ccccc2[nH]1)C1CCCc2cccnc21)=C1CCCNC1. The Labute approximate surface area is 172 Å². The standard InChI is InChI=1S/C24H29N5/c1-2-10-21-20(9-1)27-23(28-21)17-29(15-12-18-6-4-13-25-16-18)22-11-3-7-19-8-5-14-26-24(19)22/h1-2,5,8-10,12,14,22,25H,3-4,6-7,11,13,15-17H2,(H,27,28). The van der Waals surface area contributed by atoms with Gasteiger partial charge in [0.1, 0.15) is 5.82 Å². The Kier molecular flexibility index (Phi) is 5.41. The Morgan fingerprint density at radius 1 is 1.10 bits per heavy atom. The molecule has 0 radical (unpaired) electrons. The lowest BCUT2D eigenvalue weighted by Gasteiger charge is -2.34. The maximum absolute atomic E-state index is 4.85. The monoisotopic (exact) mass is 387 g/mol. The molecule has 1 aliphatic heterocycles. The highest BCUT2D eigenvalue weighted by Crippen LogP contribution is 2.33. The molecule has 1 saturated heterocycles. The number of H-pyrrole nitrogens is 1. The van der Waals surface area contributed by atoms with E-state index in [9.17, 15) is 0 Å². The summed E-state index contributed by atoms with van der Waals surface area (Å²) in [5.41, 5.74) is 6.35. The molecule has 1 unspecified atom stereocenters. The summed E-state index contributed by atoms with van der Waals surface area (Å²) < 4.78 is 0. The van der Waals surface area contributed by atoms with Gasteiger partial charge in [0.25, 0.3) is 0 Å². The molecule has 2 N–H and O–H groups in total. The van der Waals surface area contributed by atoms with Crippen molar-refractivity contribution < 1.29 is 0 Å². The molecule has 5 nitrogen and oxygen atoms in total. The number of aromatic amines is 1. The molecular weight excluding hydrogens is 358 g/mol. The smallest absolute Gasteiger partial charge is 0.121 e. The van der Waals surface area contributed by atoms with Crippen LogP contribution in [0.5, 0.6) is 0 Å². The molecule has 2 aliphatic rings. The molecule has 0 amide bonds. The fourth-order valence-electron chi connectivity index (χ4n) is 4.71. The van der Waals surface area contributed by atoms with Crippen LogP contribution in [-0.4, -0.2) is 39.5 Å². The van der Waals surface area contributed by atoms with Gasteiger partial charge in [-0.25, -0.2) is 4.98 Å². The third kappa shape index (κ3) is 4.11.